The van der Waals surface area contributed by atoms with E-state index < -0.39 is 0 Å². The first kappa shape index (κ1) is 21.4. The van der Waals surface area contributed by atoms with Crippen LogP contribution in [0.3, 0.4) is 0 Å². The predicted octanol–water partition coefficient (Wildman–Crippen LogP) is 3.16. The van der Waals surface area contributed by atoms with Crippen LogP contribution in [0.25, 0.3) is 0 Å². The third-order valence-electron chi connectivity index (χ3n) is 5.30. The van der Waals surface area contributed by atoms with Gasteiger partial charge in [0.2, 0.25) is 5.91 Å². The average molecular weight is 416 g/mol. The van der Waals surface area contributed by atoms with Crippen LogP contribution in [0.2, 0.25) is 0 Å². The molecule has 0 spiro atoms. The number of aryl methyl sites for hydroxylation is 1. The Hall–Kier alpha value is -2.35. The lowest BCUT2D eigenvalue weighted by Crippen LogP contribution is -2.37. The van der Waals surface area contributed by atoms with Gasteiger partial charge >= 0.3 is 0 Å². The zero-order valence-electron chi connectivity index (χ0n) is 17.3. The standard InChI is InChI=1S/C21H29N5O2S/c1-14-9-7-8-12-17(14)20(28)22-15(2)19-24-25-21(26(19)3)29-13-18(27)23-16-10-5-4-6-11-16/h7-9,12,15-16H,4-6,10-11,13H2,1-3H3,(H,22,28)(H,23,27). The highest BCUT2D eigenvalue weighted by atomic mass is 32.2. The van der Waals surface area contributed by atoms with Crippen molar-refractivity contribution in [1.82, 2.24) is 25.4 Å². The molecule has 1 aromatic carbocycles. The number of thioether (sulfide) groups is 1. The van der Waals surface area contributed by atoms with Gasteiger partial charge < -0.3 is 15.2 Å². The topological polar surface area (TPSA) is 88.9 Å². The van der Waals surface area contributed by atoms with Gasteiger partial charge in [-0.05, 0) is 38.3 Å². The molecule has 1 saturated carbocycles. The molecule has 0 aliphatic heterocycles. The molecule has 1 aromatic heterocycles. The summed E-state index contributed by atoms with van der Waals surface area (Å²) < 4.78 is 1.83. The number of nitrogens with zero attached hydrogens (tertiary/aromatic N) is 3. The molecule has 0 bridgehead atoms. The van der Waals surface area contributed by atoms with Crippen LogP contribution in [0.15, 0.2) is 29.4 Å². The Labute approximate surface area is 176 Å². The van der Waals surface area contributed by atoms with E-state index in [4.69, 9.17) is 0 Å². The van der Waals surface area contributed by atoms with E-state index in [1.807, 2.05) is 43.7 Å². The lowest BCUT2D eigenvalue weighted by atomic mass is 9.95. The van der Waals surface area contributed by atoms with Crippen LogP contribution in [0, 0.1) is 6.92 Å². The largest absolute Gasteiger partial charge is 0.353 e. The van der Waals surface area contributed by atoms with E-state index in [1.54, 1.807) is 6.07 Å². The van der Waals surface area contributed by atoms with E-state index in [0.717, 1.165) is 18.4 Å². The van der Waals surface area contributed by atoms with Crippen LogP contribution in [-0.2, 0) is 11.8 Å². The molecule has 1 atom stereocenters. The minimum Gasteiger partial charge on any atom is -0.353 e. The Morgan fingerprint density at radius 1 is 1.21 bits per heavy atom. The van der Waals surface area contributed by atoms with E-state index in [1.165, 1.54) is 31.0 Å². The molecule has 7 nitrogen and oxygen atoms in total. The first-order valence-electron chi connectivity index (χ1n) is 10.1. The zero-order valence-corrected chi connectivity index (χ0v) is 18.1. The summed E-state index contributed by atoms with van der Waals surface area (Å²) in [4.78, 5) is 24.8. The third kappa shape index (κ3) is 5.59. The van der Waals surface area contributed by atoms with Crippen molar-refractivity contribution < 1.29 is 9.59 Å². The maximum Gasteiger partial charge on any atom is 0.252 e. The molecule has 29 heavy (non-hydrogen) atoms. The number of benzene rings is 1. The summed E-state index contributed by atoms with van der Waals surface area (Å²) in [7, 11) is 1.85. The highest BCUT2D eigenvalue weighted by molar-refractivity contribution is 7.99. The summed E-state index contributed by atoms with van der Waals surface area (Å²) in [6.45, 7) is 3.79. The number of aromatic nitrogens is 3. The van der Waals surface area contributed by atoms with Gasteiger partial charge in [-0.15, -0.1) is 10.2 Å². The second-order valence-electron chi connectivity index (χ2n) is 7.60. The Kier molecular flexibility index (Phi) is 7.30. The molecular weight excluding hydrogens is 386 g/mol. The first-order valence-corrected chi connectivity index (χ1v) is 11.1. The monoisotopic (exact) mass is 415 g/mol. The molecule has 3 rings (SSSR count). The molecule has 2 amide bonds. The molecule has 0 saturated heterocycles. The highest BCUT2D eigenvalue weighted by Gasteiger charge is 2.20. The SMILES string of the molecule is Cc1ccccc1C(=O)NC(C)c1nnc(SCC(=O)NC2CCCCC2)n1C. The van der Waals surface area contributed by atoms with Crippen LogP contribution in [0.4, 0.5) is 0 Å². The molecular formula is C21H29N5O2S. The summed E-state index contributed by atoms with van der Waals surface area (Å²) in [5.41, 5.74) is 1.57. The van der Waals surface area contributed by atoms with Crippen molar-refractivity contribution in [3.05, 3.63) is 41.2 Å². The maximum absolute atomic E-state index is 12.5. The maximum atomic E-state index is 12.5. The zero-order chi connectivity index (χ0) is 20.8. The van der Waals surface area contributed by atoms with E-state index in [-0.39, 0.29) is 17.9 Å². The lowest BCUT2D eigenvalue weighted by Gasteiger charge is -2.22. The summed E-state index contributed by atoms with van der Waals surface area (Å²) in [5, 5.41) is 15.2. The summed E-state index contributed by atoms with van der Waals surface area (Å²) in [6.07, 6.45) is 5.79. The molecule has 0 radical (unpaired) electrons. The molecule has 2 aromatic rings. The number of hydrogen-bond acceptors (Lipinski definition) is 5. The van der Waals surface area contributed by atoms with Crippen molar-refractivity contribution in [2.45, 2.75) is 63.2 Å². The molecule has 2 N–H and O–H groups in total. The quantitative estimate of drug-likeness (QED) is 0.678. The van der Waals surface area contributed by atoms with Crippen molar-refractivity contribution in [2.75, 3.05) is 5.75 Å². The van der Waals surface area contributed by atoms with Crippen LogP contribution in [-0.4, -0.2) is 38.4 Å². The van der Waals surface area contributed by atoms with Gasteiger partial charge in [0, 0.05) is 18.7 Å². The Morgan fingerprint density at radius 3 is 2.66 bits per heavy atom. The first-order chi connectivity index (χ1) is 14.0. The van der Waals surface area contributed by atoms with Gasteiger partial charge in [-0.1, -0.05) is 49.2 Å². The molecule has 156 valence electrons. The number of carbonyl (C=O) groups excluding carboxylic acids is 2. The second-order valence-corrected chi connectivity index (χ2v) is 8.54. The fraction of sp³-hybridized carbons (Fsp3) is 0.524. The molecule has 1 aliphatic carbocycles. The number of hydrogen-bond donors (Lipinski definition) is 2. The van der Waals surface area contributed by atoms with Gasteiger partial charge in [0.15, 0.2) is 11.0 Å². The number of amides is 2. The van der Waals surface area contributed by atoms with Crippen LogP contribution >= 0.6 is 11.8 Å². The van der Waals surface area contributed by atoms with Gasteiger partial charge in [0.05, 0.1) is 11.8 Å². The Balaban J connectivity index is 1.54. The van der Waals surface area contributed by atoms with E-state index in [9.17, 15) is 9.59 Å². The molecule has 1 unspecified atom stereocenters. The van der Waals surface area contributed by atoms with Crippen LogP contribution in [0.5, 0.6) is 0 Å². The number of rotatable bonds is 7. The average Bonchev–Trinajstić information content (AvgIpc) is 3.08. The van der Waals surface area contributed by atoms with Crippen molar-refractivity contribution in [1.29, 1.82) is 0 Å². The van der Waals surface area contributed by atoms with Gasteiger partial charge in [0.1, 0.15) is 0 Å². The van der Waals surface area contributed by atoms with E-state index in [0.29, 0.717) is 28.3 Å². The van der Waals surface area contributed by atoms with E-state index in [2.05, 4.69) is 20.8 Å². The summed E-state index contributed by atoms with van der Waals surface area (Å²) in [5.74, 6) is 0.862. The summed E-state index contributed by atoms with van der Waals surface area (Å²) in [6, 6.07) is 7.48. The van der Waals surface area contributed by atoms with Gasteiger partial charge in [0.25, 0.3) is 5.91 Å². The highest BCUT2D eigenvalue weighted by Crippen LogP contribution is 2.21. The fourth-order valence-electron chi connectivity index (χ4n) is 3.64. The van der Waals surface area contributed by atoms with Crippen LogP contribution in [0.1, 0.15) is 66.8 Å². The van der Waals surface area contributed by atoms with Crippen molar-refractivity contribution >= 4 is 23.6 Å². The van der Waals surface area contributed by atoms with Gasteiger partial charge in [-0.3, -0.25) is 9.59 Å². The van der Waals surface area contributed by atoms with Crippen molar-refractivity contribution in [2.24, 2.45) is 7.05 Å². The number of nitrogens with one attached hydrogen (secondary N) is 2. The Bertz CT molecular complexity index is 861. The minimum absolute atomic E-state index is 0.0346. The molecule has 8 heteroatoms. The minimum atomic E-state index is -0.301. The lowest BCUT2D eigenvalue weighted by molar-refractivity contribution is -0.119. The fourth-order valence-corrected chi connectivity index (χ4v) is 4.37. The molecule has 1 aliphatic rings. The van der Waals surface area contributed by atoms with Crippen LogP contribution < -0.4 is 10.6 Å². The van der Waals surface area contributed by atoms with Crippen molar-refractivity contribution in [3.8, 4) is 0 Å². The molecule has 1 heterocycles. The van der Waals surface area contributed by atoms with E-state index >= 15 is 0 Å². The van der Waals surface area contributed by atoms with Crippen molar-refractivity contribution in [3.63, 3.8) is 0 Å². The number of carbonyl (C=O) groups is 2. The third-order valence-corrected chi connectivity index (χ3v) is 6.32. The normalized spacial score (nSPS) is 15.7. The predicted molar refractivity (Wildman–Crippen MR) is 114 cm³/mol. The van der Waals surface area contributed by atoms with Gasteiger partial charge in [-0.2, -0.15) is 0 Å². The smallest absolute Gasteiger partial charge is 0.252 e. The molecule has 1 fully saturated rings. The summed E-state index contributed by atoms with van der Waals surface area (Å²) >= 11 is 1.36. The Morgan fingerprint density at radius 2 is 1.93 bits per heavy atom. The second kappa shape index (κ2) is 9.91. The van der Waals surface area contributed by atoms with Gasteiger partial charge in [-0.25, -0.2) is 0 Å².